The van der Waals surface area contributed by atoms with Gasteiger partial charge in [-0.2, -0.15) is 0 Å². The van der Waals surface area contributed by atoms with Crippen molar-refractivity contribution in [1.82, 2.24) is 0 Å². The zero-order valence-corrected chi connectivity index (χ0v) is 15.6. The number of aryl methyl sites for hydroxylation is 1. The minimum absolute atomic E-state index is 0.150. The maximum Gasteiger partial charge on any atom is 0.338 e. The molecule has 0 spiro atoms. The Kier molecular flexibility index (Phi) is 6.85. The van der Waals surface area contributed by atoms with Gasteiger partial charge in [0.25, 0.3) is 0 Å². The van der Waals surface area contributed by atoms with Crippen LogP contribution in [0.25, 0.3) is 0 Å². The number of halogens is 2. The van der Waals surface area contributed by atoms with E-state index >= 15 is 0 Å². The van der Waals surface area contributed by atoms with E-state index in [2.05, 4.69) is 5.32 Å². The minimum Gasteiger partial charge on any atom is -0.462 e. The van der Waals surface area contributed by atoms with Gasteiger partial charge in [-0.25, -0.2) is 4.79 Å². The van der Waals surface area contributed by atoms with Gasteiger partial charge in [0.1, 0.15) is 0 Å². The van der Waals surface area contributed by atoms with E-state index in [4.69, 9.17) is 27.9 Å². The number of hydrogen-bond acceptors (Lipinski definition) is 3. The highest BCUT2D eigenvalue weighted by atomic mass is 35.5. The molecule has 2 rings (SSSR count). The summed E-state index contributed by atoms with van der Waals surface area (Å²) in [5.41, 5.74) is 2.66. The van der Waals surface area contributed by atoms with Gasteiger partial charge in [0.15, 0.2) is 0 Å². The van der Waals surface area contributed by atoms with Crippen molar-refractivity contribution in [3.05, 3.63) is 63.1 Å². The number of nitrogens with one attached hydrogen (secondary N) is 1. The van der Waals surface area contributed by atoms with Gasteiger partial charge in [-0.05, 0) is 61.7 Å². The molecule has 0 atom stereocenters. The van der Waals surface area contributed by atoms with E-state index in [-0.39, 0.29) is 18.3 Å². The van der Waals surface area contributed by atoms with Gasteiger partial charge >= 0.3 is 5.97 Å². The first-order valence-electron chi connectivity index (χ1n) is 7.93. The average molecular weight is 380 g/mol. The SMILES string of the molecule is CCOC(=O)c1ccc(NC(=O)CCc2c(Cl)cccc2Cl)c(C)c1. The molecule has 0 aliphatic heterocycles. The molecule has 0 aromatic heterocycles. The molecule has 25 heavy (non-hydrogen) atoms. The van der Waals surface area contributed by atoms with Gasteiger partial charge in [-0.3, -0.25) is 4.79 Å². The molecule has 0 saturated carbocycles. The molecule has 1 amide bonds. The predicted molar refractivity (Wildman–Crippen MR) is 101 cm³/mol. The number of esters is 1. The van der Waals surface area contributed by atoms with Crippen molar-refractivity contribution in [3.63, 3.8) is 0 Å². The van der Waals surface area contributed by atoms with Crippen LogP contribution in [0.5, 0.6) is 0 Å². The molecule has 0 heterocycles. The third-order valence-corrected chi connectivity index (χ3v) is 4.38. The van der Waals surface area contributed by atoms with E-state index in [0.717, 1.165) is 11.1 Å². The van der Waals surface area contributed by atoms with Gasteiger partial charge in [-0.15, -0.1) is 0 Å². The molecule has 2 aromatic carbocycles. The molecule has 2 aromatic rings. The second kappa shape index (κ2) is 8.88. The molecule has 4 nitrogen and oxygen atoms in total. The Balaban J connectivity index is 2.00. The lowest BCUT2D eigenvalue weighted by molar-refractivity contribution is -0.116. The first-order valence-corrected chi connectivity index (χ1v) is 8.68. The molecule has 1 N–H and O–H groups in total. The largest absolute Gasteiger partial charge is 0.462 e. The van der Waals surface area contributed by atoms with Crippen LogP contribution in [0.1, 0.15) is 34.8 Å². The molecule has 6 heteroatoms. The summed E-state index contributed by atoms with van der Waals surface area (Å²) in [7, 11) is 0. The lowest BCUT2D eigenvalue weighted by Gasteiger charge is -2.11. The first-order chi connectivity index (χ1) is 11.9. The van der Waals surface area contributed by atoms with E-state index in [1.54, 1.807) is 43.3 Å². The smallest absolute Gasteiger partial charge is 0.338 e. The quantitative estimate of drug-likeness (QED) is 0.714. The van der Waals surface area contributed by atoms with Crippen LogP contribution >= 0.6 is 23.2 Å². The van der Waals surface area contributed by atoms with Crippen LogP contribution in [0.15, 0.2) is 36.4 Å². The van der Waals surface area contributed by atoms with Gasteiger partial charge in [0, 0.05) is 22.2 Å². The Morgan fingerprint density at radius 2 is 1.80 bits per heavy atom. The van der Waals surface area contributed by atoms with E-state index in [1.807, 2.05) is 6.92 Å². The topological polar surface area (TPSA) is 55.4 Å². The molecule has 0 aliphatic carbocycles. The van der Waals surface area contributed by atoms with Crippen LogP contribution in [0.2, 0.25) is 10.0 Å². The van der Waals surface area contributed by atoms with Crippen LogP contribution in [-0.4, -0.2) is 18.5 Å². The molecule has 0 fully saturated rings. The molecule has 0 aliphatic rings. The number of amides is 1. The number of rotatable bonds is 6. The van der Waals surface area contributed by atoms with E-state index in [9.17, 15) is 9.59 Å². The minimum atomic E-state index is -0.378. The fraction of sp³-hybridized carbons (Fsp3) is 0.263. The highest BCUT2D eigenvalue weighted by Gasteiger charge is 2.12. The van der Waals surface area contributed by atoms with Gasteiger partial charge < -0.3 is 10.1 Å². The maximum atomic E-state index is 12.2. The summed E-state index contributed by atoms with van der Waals surface area (Å²) in [5, 5.41) is 3.94. The van der Waals surface area contributed by atoms with Crippen LogP contribution in [0, 0.1) is 6.92 Å². The van der Waals surface area contributed by atoms with Crippen LogP contribution in [0.3, 0.4) is 0 Å². The number of carbonyl (C=O) groups excluding carboxylic acids is 2. The van der Waals surface area contributed by atoms with Crippen molar-refractivity contribution >= 4 is 40.8 Å². The fourth-order valence-electron chi connectivity index (χ4n) is 2.37. The maximum absolute atomic E-state index is 12.2. The van der Waals surface area contributed by atoms with Crippen LogP contribution in [-0.2, 0) is 16.0 Å². The first kappa shape index (κ1) is 19.3. The molecule has 0 saturated heterocycles. The Bertz CT molecular complexity index is 770. The lowest BCUT2D eigenvalue weighted by atomic mass is 10.1. The predicted octanol–water partition coefficient (Wildman–Crippen LogP) is 5.05. The summed E-state index contributed by atoms with van der Waals surface area (Å²) >= 11 is 12.2. The summed E-state index contributed by atoms with van der Waals surface area (Å²) < 4.78 is 4.96. The highest BCUT2D eigenvalue weighted by molar-refractivity contribution is 6.36. The number of carbonyl (C=O) groups is 2. The number of ether oxygens (including phenoxy) is 1. The lowest BCUT2D eigenvalue weighted by Crippen LogP contribution is -2.14. The molecule has 0 radical (unpaired) electrons. The fourth-order valence-corrected chi connectivity index (χ4v) is 2.95. The third-order valence-electron chi connectivity index (χ3n) is 3.68. The average Bonchev–Trinajstić information content (AvgIpc) is 2.56. The van der Waals surface area contributed by atoms with Crippen molar-refractivity contribution in [3.8, 4) is 0 Å². The number of benzene rings is 2. The number of hydrogen-bond donors (Lipinski definition) is 1. The van der Waals surface area contributed by atoms with E-state index < -0.39 is 0 Å². The molecular weight excluding hydrogens is 361 g/mol. The van der Waals surface area contributed by atoms with Gasteiger partial charge in [0.05, 0.1) is 12.2 Å². The Hall–Kier alpha value is -2.04. The third kappa shape index (κ3) is 5.21. The summed E-state index contributed by atoms with van der Waals surface area (Å²) in [6.07, 6.45) is 0.701. The number of anilines is 1. The van der Waals surface area contributed by atoms with Crippen molar-refractivity contribution in [2.75, 3.05) is 11.9 Å². The second-order valence-electron chi connectivity index (χ2n) is 5.50. The van der Waals surface area contributed by atoms with Gasteiger partial charge in [0.2, 0.25) is 5.91 Å². The van der Waals surface area contributed by atoms with Crippen molar-refractivity contribution < 1.29 is 14.3 Å². The molecule has 0 unspecified atom stereocenters. The summed E-state index contributed by atoms with van der Waals surface area (Å²) in [6, 6.07) is 10.3. The molecule has 0 bridgehead atoms. The van der Waals surface area contributed by atoms with Gasteiger partial charge in [-0.1, -0.05) is 29.3 Å². The summed E-state index contributed by atoms with van der Waals surface area (Å²) in [4.78, 5) is 23.9. The summed E-state index contributed by atoms with van der Waals surface area (Å²) in [6.45, 7) is 3.90. The summed E-state index contributed by atoms with van der Waals surface area (Å²) in [5.74, 6) is -0.528. The van der Waals surface area contributed by atoms with E-state index in [0.29, 0.717) is 34.3 Å². The van der Waals surface area contributed by atoms with E-state index in [1.165, 1.54) is 0 Å². The van der Waals surface area contributed by atoms with Crippen molar-refractivity contribution in [2.24, 2.45) is 0 Å². The Labute approximate surface area is 157 Å². The standard InChI is InChI=1S/C19H19Cl2NO3/c1-3-25-19(24)13-7-9-17(12(2)11-13)22-18(23)10-8-14-15(20)5-4-6-16(14)21/h4-7,9,11H,3,8,10H2,1-2H3,(H,22,23). The monoisotopic (exact) mass is 379 g/mol. The Morgan fingerprint density at radius 3 is 2.40 bits per heavy atom. The van der Waals surface area contributed by atoms with Crippen molar-refractivity contribution in [2.45, 2.75) is 26.7 Å². The van der Waals surface area contributed by atoms with Crippen LogP contribution < -0.4 is 5.32 Å². The van der Waals surface area contributed by atoms with Crippen molar-refractivity contribution in [1.29, 1.82) is 0 Å². The molecular formula is C19H19Cl2NO3. The normalized spacial score (nSPS) is 10.4. The Morgan fingerprint density at radius 1 is 1.12 bits per heavy atom. The van der Waals surface area contributed by atoms with Crippen LogP contribution in [0.4, 0.5) is 5.69 Å². The molecule has 132 valence electrons. The zero-order chi connectivity index (χ0) is 18.4. The highest BCUT2D eigenvalue weighted by Crippen LogP contribution is 2.26. The zero-order valence-electron chi connectivity index (χ0n) is 14.1. The second-order valence-corrected chi connectivity index (χ2v) is 6.31.